The number of hydrogen-bond donors (Lipinski definition) is 2. The first-order valence-electron chi connectivity index (χ1n) is 5.27. The quantitative estimate of drug-likeness (QED) is 0.782. The third-order valence-corrected chi connectivity index (χ3v) is 3.33. The molecule has 1 aliphatic rings. The Bertz CT molecular complexity index is 561. The van der Waals surface area contributed by atoms with E-state index in [4.69, 9.17) is 11.6 Å². The highest BCUT2D eigenvalue weighted by Crippen LogP contribution is 2.30. The number of rotatable bonds is 1. The minimum atomic E-state index is 0.133. The lowest BCUT2D eigenvalue weighted by molar-refractivity contribution is -0.119. The van der Waals surface area contributed by atoms with Crippen LogP contribution in [0.5, 0.6) is 0 Å². The number of nitrogens with one attached hydrogen (secondary N) is 2. The number of hydrogen-bond acceptors (Lipinski definition) is 1. The van der Waals surface area contributed by atoms with Crippen molar-refractivity contribution >= 4 is 28.4 Å². The number of carbonyl (C=O) groups is 1. The molecule has 4 heteroatoms. The Morgan fingerprint density at radius 3 is 3.00 bits per heavy atom. The zero-order chi connectivity index (χ0) is 11.1. The van der Waals surface area contributed by atoms with Crippen LogP contribution >= 0.6 is 11.6 Å². The van der Waals surface area contributed by atoms with Crippen molar-refractivity contribution in [3.05, 3.63) is 35.0 Å². The summed E-state index contributed by atoms with van der Waals surface area (Å²) in [4.78, 5) is 14.4. The van der Waals surface area contributed by atoms with Crippen LogP contribution in [0.1, 0.15) is 17.9 Å². The Labute approximate surface area is 97.8 Å². The maximum Gasteiger partial charge on any atom is 0.220 e. The largest absolute Gasteiger partial charge is 0.361 e. The molecule has 0 bridgehead atoms. The van der Waals surface area contributed by atoms with Gasteiger partial charge in [0.2, 0.25) is 5.91 Å². The van der Waals surface area contributed by atoms with Gasteiger partial charge in [0.05, 0.1) is 0 Å². The van der Waals surface area contributed by atoms with Gasteiger partial charge in [0.15, 0.2) is 0 Å². The highest BCUT2D eigenvalue weighted by molar-refractivity contribution is 6.31. The van der Waals surface area contributed by atoms with Crippen molar-refractivity contribution in [2.45, 2.75) is 12.3 Å². The van der Waals surface area contributed by atoms with Crippen LogP contribution in [-0.4, -0.2) is 17.4 Å². The minimum Gasteiger partial charge on any atom is -0.361 e. The highest BCUT2D eigenvalue weighted by Gasteiger charge is 2.24. The number of aromatic nitrogens is 1. The van der Waals surface area contributed by atoms with Gasteiger partial charge in [-0.25, -0.2) is 0 Å². The van der Waals surface area contributed by atoms with E-state index in [1.165, 1.54) is 5.56 Å². The standard InChI is InChI=1S/C12H11ClN2O/c13-8-1-2-9-10(6-14-11(9)4-8)7-3-12(16)15-5-7/h1-2,4,6-7,14H,3,5H2,(H,15,16). The first-order chi connectivity index (χ1) is 7.74. The van der Waals surface area contributed by atoms with E-state index in [2.05, 4.69) is 10.3 Å². The predicted octanol–water partition coefficient (Wildman–Crippen LogP) is 2.42. The van der Waals surface area contributed by atoms with Crippen LogP contribution in [0.3, 0.4) is 0 Å². The van der Waals surface area contributed by atoms with Gasteiger partial charge >= 0.3 is 0 Å². The van der Waals surface area contributed by atoms with Gasteiger partial charge in [-0.15, -0.1) is 0 Å². The molecule has 0 radical (unpaired) electrons. The fraction of sp³-hybridized carbons (Fsp3) is 0.250. The third-order valence-electron chi connectivity index (χ3n) is 3.09. The van der Waals surface area contributed by atoms with Gasteiger partial charge < -0.3 is 10.3 Å². The van der Waals surface area contributed by atoms with Crippen molar-refractivity contribution < 1.29 is 4.79 Å². The van der Waals surface area contributed by atoms with E-state index in [0.29, 0.717) is 6.42 Å². The predicted molar refractivity (Wildman–Crippen MR) is 63.7 cm³/mol. The summed E-state index contributed by atoms with van der Waals surface area (Å²) in [6.07, 6.45) is 2.56. The molecule has 82 valence electrons. The number of halogens is 1. The lowest BCUT2D eigenvalue weighted by Gasteiger charge is -2.04. The maximum absolute atomic E-state index is 11.2. The van der Waals surface area contributed by atoms with Crippen LogP contribution in [0, 0.1) is 0 Å². The molecule has 2 aromatic rings. The summed E-state index contributed by atoms with van der Waals surface area (Å²) in [5.41, 5.74) is 2.23. The fourth-order valence-electron chi connectivity index (χ4n) is 2.28. The number of benzene rings is 1. The summed E-state index contributed by atoms with van der Waals surface area (Å²) in [5, 5.41) is 4.74. The molecule has 1 fully saturated rings. The lowest BCUT2D eigenvalue weighted by atomic mass is 9.98. The van der Waals surface area contributed by atoms with Gasteiger partial charge in [0.25, 0.3) is 0 Å². The Morgan fingerprint density at radius 1 is 1.38 bits per heavy atom. The normalized spacial score (nSPS) is 20.3. The molecule has 1 amide bonds. The zero-order valence-corrected chi connectivity index (χ0v) is 9.34. The number of aromatic amines is 1. The first-order valence-corrected chi connectivity index (χ1v) is 5.65. The molecule has 1 aromatic carbocycles. The van der Waals surface area contributed by atoms with Gasteiger partial charge in [-0.05, 0) is 17.7 Å². The Kier molecular flexibility index (Phi) is 2.14. The first kappa shape index (κ1) is 9.73. The molecule has 0 spiro atoms. The Hall–Kier alpha value is -1.48. The molecule has 3 rings (SSSR count). The maximum atomic E-state index is 11.2. The lowest BCUT2D eigenvalue weighted by Crippen LogP contribution is -2.13. The summed E-state index contributed by atoms with van der Waals surface area (Å²) in [7, 11) is 0. The SMILES string of the molecule is O=C1CC(c2c[nH]c3cc(Cl)ccc23)CN1. The number of amides is 1. The minimum absolute atomic E-state index is 0.133. The second-order valence-electron chi connectivity index (χ2n) is 4.14. The Morgan fingerprint density at radius 2 is 2.25 bits per heavy atom. The van der Waals surface area contributed by atoms with Gasteiger partial charge in [0, 0.05) is 41.0 Å². The van der Waals surface area contributed by atoms with E-state index in [1.807, 2.05) is 24.4 Å². The molecule has 0 saturated carbocycles. The molecule has 3 nitrogen and oxygen atoms in total. The second kappa shape index (κ2) is 3.52. The van der Waals surface area contributed by atoms with Crippen LogP contribution in [0.25, 0.3) is 10.9 Å². The molecule has 1 atom stereocenters. The summed E-state index contributed by atoms with van der Waals surface area (Å²) < 4.78 is 0. The van der Waals surface area contributed by atoms with Crippen molar-refractivity contribution in [2.75, 3.05) is 6.54 Å². The molecule has 2 N–H and O–H groups in total. The van der Waals surface area contributed by atoms with Crippen LogP contribution in [0.4, 0.5) is 0 Å². The molecule has 1 unspecified atom stereocenters. The van der Waals surface area contributed by atoms with Crippen LogP contribution in [0.15, 0.2) is 24.4 Å². The van der Waals surface area contributed by atoms with Crippen molar-refractivity contribution in [2.24, 2.45) is 0 Å². The van der Waals surface area contributed by atoms with E-state index < -0.39 is 0 Å². The van der Waals surface area contributed by atoms with Crippen molar-refractivity contribution in [1.82, 2.24) is 10.3 Å². The average Bonchev–Trinajstić information content (AvgIpc) is 2.83. The molecule has 1 aromatic heterocycles. The second-order valence-corrected chi connectivity index (χ2v) is 4.58. The number of H-pyrrole nitrogens is 1. The molecule has 1 aliphatic heterocycles. The molecule has 16 heavy (non-hydrogen) atoms. The van der Waals surface area contributed by atoms with Crippen molar-refractivity contribution in [3.8, 4) is 0 Å². The monoisotopic (exact) mass is 234 g/mol. The van der Waals surface area contributed by atoms with Gasteiger partial charge in [-0.3, -0.25) is 4.79 Å². The molecular weight excluding hydrogens is 224 g/mol. The summed E-state index contributed by atoms with van der Waals surface area (Å²) >= 11 is 5.92. The summed E-state index contributed by atoms with van der Waals surface area (Å²) in [6, 6.07) is 5.79. The van der Waals surface area contributed by atoms with E-state index in [9.17, 15) is 4.79 Å². The number of carbonyl (C=O) groups excluding carboxylic acids is 1. The third kappa shape index (κ3) is 1.48. The van der Waals surface area contributed by atoms with Gasteiger partial charge in [0.1, 0.15) is 0 Å². The van der Waals surface area contributed by atoms with Crippen molar-refractivity contribution in [1.29, 1.82) is 0 Å². The van der Waals surface area contributed by atoms with E-state index in [1.54, 1.807) is 0 Å². The van der Waals surface area contributed by atoms with Gasteiger partial charge in [-0.1, -0.05) is 17.7 Å². The van der Waals surface area contributed by atoms with Crippen LogP contribution in [-0.2, 0) is 4.79 Å². The van der Waals surface area contributed by atoms with Crippen LogP contribution in [0.2, 0.25) is 5.02 Å². The average molecular weight is 235 g/mol. The smallest absolute Gasteiger partial charge is 0.220 e. The summed E-state index contributed by atoms with van der Waals surface area (Å²) in [5.74, 6) is 0.413. The van der Waals surface area contributed by atoms with E-state index in [-0.39, 0.29) is 11.8 Å². The number of fused-ring (bicyclic) bond motifs is 1. The van der Waals surface area contributed by atoms with Crippen LogP contribution < -0.4 is 5.32 Å². The van der Waals surface area contributed by atoms with E-state index >= 15 is 0 Å². The van der Waals surface area contributed by atoms with Crippen molar-refractivity contribution in [3.63, 3.8) is 0 Å². The highest BCUT2D eigenvalue weighted by atomic mass is 35.5. The summed E-state index contributed by atoms with van der Waals surface area (Å²) in [6.45, 7) is 0.731. The Balaban J connectivity index is 2.07. The topological polar surface area (TPSA) is 44.9 Å². The molecule has 2 heterocycles. The fourth-order valence-corrected chi connectivity index (χ4v) is 2.46. The van der Waals surface area contributed by atoms with E-state index in [0.717, 1.165) is 22.5 Å². The molecule has 1 saturated heterocycles. The molecule has 0 aliphatic carbocycles. The van der Waals surface area contributed by atoms with Gasteiger partial charge in [-0.2, -0.15) is 0 Å². The zero-order valence-electron chi connectivity index (χ0n) is 8.59. The molecular formula is C12H11ClN2O.